The lowest BCUT2D eigenvalue weighted by Crippen LogP contribution is -2.12. The number of hydrogen-bond donors (Lipinski definition) is 1. The van der Waals surface area contributed by atoms with E-state index in [1.165, 1.54) is 6.92 Å². The zero-order valence-corrected chi connectivity index (χ0v) is 10.8. The molecule has 92 valence electrons. The normalized spacial score (nSPS) is 12.2. The van der Waals surface area contributed by atoms with E-state index >= 15 is 0 Å². The first-order valence-electron chi connectivity index (χ1n) is 5.70. The highest BCUT2D eigenvalue weighted by Crippen LogP contribution is 2.27. The van der Waals surface area contributed by atoms with Crippen LogP contribution in [0.3, 0.4) is 0 Å². The van der Waals surface area contributed by atoms with Crippen LogP contribution in [0.25, 0.3) is 0 Å². The molecule has 0 fully saturated rings. The quantitative estimate of drug-likeness (QED) is 0.856. The Morgan fingerprint density at radius 3 is 2.39 bits per heavy atom. The van der Waals surface area contributed by atoms with Crippen molar-refractivity contribution in [2.75, 3.05) is 0 Å². The van der Waals surface area contributed by atoms with E-state index < -0.39 is 0 Å². The van der Waals surface area contributed by atoms with Gasteiger partial charge >= 0.3 is 0 Å². The fourth-order valence-electron chi connectivity index (χ4n) is 1.84. The summed E-state index contributed by atoms with van der Waals surface area (Å²) in [5.74, 6) is -0.00303. The molecule has 0 saturated carbocycles. The average molecular weight is 260 g/mol. The smallest absolute Gasteiger partial charge is 0.159 e. The van der Waals surface area contributed by atoms with Crippen molar-refractivity contribution in [1.29, 1.82) is 0 Å². The summed E-state index contributed by atoms with van der Waals surface area (Å²) in [7, 11) is 0. The lowest BCUT2D eigenvalue weighted by Gasteiger charge is -2.14. The molecule has 0 aliphatic carbocycles. The zero-order valence-electron chi connectivity index (χ0n) is 10.1. The predicted octanol–water partition coefficient (Wildman–Crippen LogP) is 3.59. The number of hydrogen-bond acceptors (Lipinski definition) is 2. The molecular formula is C15H14ClNO. The molecule has 0 aromatic heterocycles. The first kappa shape index (κ1) is 12.8. The van der Waals surface area contributed by atoms with Crippen LogP contribution in [0.5, 0.6) is 0 Å². The van der Waals surface area contributed by atoms with Crippen molar-refractivity contribution >= 4 is 17.4 Å². The Bertz CT molecular complexity index is 566. The molecule has 0 saturated heterocycles. The molecule has 0 amide bonds. The largest absolute Gasteiger partial charge is 0.320 e. The van der Waals surface area contributed by atoms with Crippen LogP contribution in [0.15, 0.2) is 48.5 Å². The van der Waals surface area contributed by atoms with E-state index in [9.17, 15) is 4.79 Å². The van der Waals surface area contributed by atoms with Gasteiger partial charge in [-0.1, -0.05) is 54.1 Å². The summed E-state index contributed by atoms with van der Waals surface area (Å²) in [6.45, 7) is 1.52. The van der Waals surface area contributed by atoms with Crippen molar-refractivity contribution in [3.63, 3.8) is 0 Å². The van der Waals surface area contributed by atoms with E-state index in [4.69, 9.17) is 17.3 Å². The maximum absolute atomic E-state index is 11.3. The van der Waals surface area contributed by atoms with Gasteiger partial charge in [0.25, 0.3) is 0 Å². The summed E-state index contributed by atoms with van der Waals surface area (Å²) in [4.78, 5) is 11.3. The lowest BCUT2D eigenvalue weighted by atomic mass is 9.98. The lowest BCUT2D eigenvalue weighted by molar-refractivity contribution is 0.101. The summed E-state index contributed by atoms with van der Waals surface area (Å²) in [5.41, 5.74) is 8.60. The number of rotatable bonds is 3. The predicted molar refractivity (Wildman–Crippen MR) is 73.9 cm³/mol. The molecule has 18 heavy (non-hydrogen) atoms. The Balaban J connectivity index is 2.37. The third-order valence-electron chi connectivity index (χ3n) is 2.90. The van der Waals surface area contributed by atoms with Crippen LogP contribution in [0.2, 0.25) is 5.02 Å². The second-order valence-corrected chi connectivity index (χ2v) is 4.59. The Hall–Kier alpha value is -1.64. The van der Waals surface area contributed by atoms with E-state index in [2.05, 4.69) is 0 Å². The fraction of sp³-hybridized carbons (Fsp3) is 0.133. The molecule has 0 radical (unpaired) electrons. The molecule has 0 heterocycles. The van der Waals surface area contributed by atoms with Gasteiger partial charge in [0, 0.05) is 10.6 Å². The van der Waals surface area contributed by atoms with Gasteiger partial charge in [0.05, 0.1) is 6.04 Å². The highest BCUT2D eigenvalue weighted by atomic mass is 35.5. The number of benzene rings is 2. The van der Waals surface area contributed by atoms with Crippen LogP contribution in [-0.4, -0.2) is 5.78 Å². The number of halogens is 1. The summed E-state index contributed by atoms with van der Waals surface area (Å²) < 4.78 is 0. The van der Waals surface area contributed by atoms with Crippen LogP contribution < -0.4 is 5.73 Å². The van der Waals surface area contributed by atoms with Gasteiger partial charge in [0.1, 0.15) is 0 Å². The van der Waals surface area contributed by atoms with E-state index in [0.717, 1.165) is 11.1 Å². The molecule has 0 aliphatic heterocycles. The first-order chi connectivity index (χ1) is 8.59. The van der Waals surface area contributed by atoms with Gasteiger partial charge in [0.15, 0.2) is 5.78 Å². The molecule has 2 rings (SSSR count). The summed E-state index contributed by atoms with van der Waals surface area (Å²) in [5, 5.41) is 0.527. The van der Waals surface area contributed by atoms with Crippen LogP contribution in [0.4, 0.5) is 0 Å². The minimum atomic E-state index is -0.278. The molecule has 0 spiro atoms. The van der Waals surface area contributed by atoms with Crippen LogP contribution >= 0.6 is 11.6 Å². The molecule has 2 aromatic rings. The molecule has 1 unspecified atom stereocenters. The third kappa shape index (κ3) is 2.61. The Morgan fingerprint density at radius 1 is 1.17 bits per heavy atom. The van der Waals surface area contributed by atoms with E-state index in [-0.39, 0.29) is 11.8 Å². The fourth-order valence-corrected chi connectivity index (χ4v) is 2.14. The number of Topliss-reactive ketones (excluding diaryl/α,β-unsaturated/α-hetero) is 1. The Labute approximate surface area is 111 Å². The standard InChI is InChI=1S/C15H14ClNO/c1-10(18)12-7-8-13(14(16)9-12)15(17)11-5-3-2-4-6-11/h2-9,15H,17H2,1H3. The van der Waals surface area contributed by atoms with Gasteiger partial charge in [-0.15, -0.1) is 0 Å². The third-order valence-corrected chi connectivity index (χ3v) is 3.23. The molecule has 1 atom stereocenters. The molecule has 0 bridgehead atoms. The second kappa shape index (κ2) is 5.34. The average Bonchev–Trinajstić information content (AvgIpc) is 2.38. The minimum Gasteiger partial charge on any atom is -0.320 e. The molecule has 2 N–H and O–H groups in total. The molecule has 2 nitrogen and oxygen atoms in total. The van der Waals surface area contributed by atoms with Crippen molar-refractivity contribution in [2.24, 2.45) is 5.73 Å². The monoisotopic (exact) mass is 259 g/mol. The number of carbonyl (C=O) groups excluding carboxylic acids is 1. The minimum absolute atomic E-state index is 0.00303. The molecule has 2 aromatic carbocycles. The zero-order chi connectivity index (χ0) is 13.1. The van der Waals surface area contributed by atoms with Crippen LogP contribution in [0, 0.1) is 0 Å². The van der Waals surface area contributed by atoms with Gasteiger partial charge in [-0.25, -0.2) is 0 Å². The Kier molecular flexibility index (Phi) is 3.80. The molecule has 3 heteroatoms. The summed E-state index contributed by atoms with van der Waals surface area (Å²) >= 11 is 6.19. The molecule has 0 aliphatic rings. The maximum Gasteiger partial charge on any atom is 0.159 e. The van der Waals surface area contributed by atoms with E-state index in [1.54, 1.807) is 12.1 Å². The topological polar surface area (TPSA) is 43.1 Å². The maximum atomic E-state index is 11.3. The first-order valence-corrected chi connectivity index (χ1v) is 6.08. The highest BCUT2D eigenvalue weighted by molar-refractivity contribution is 6.31. The summed E-state index contributed by atoms with van der Waals surface area (Å²) in [6.07, 6.45) is 0. The highest BCUT2D eigenvalue weighted by Gasteiger charge is 2.13. The number of ketones is 1. The number of carbonyl (C=O) groups is 1. The van der Waals surface area contributed by atoms with Crippen molar-refractivity contribution in [3.8, 4) is 0 Å². The van der Waals surface area contributed by atoms with E-state index in [1.807, 2.05) is 36.4 Å². The van der Waals surface area contributed by atoms with Crippen molar-refractivity contribution in [2.45, 2.75) is 13.0 Å². The second-order valence-electron chi connectivity index (χ2n) is 4.18. The van der Waals surface area contributed by atoms with Crippen LogP contribution in [-0.2, 0) is 0 Å². The van der Waals surface area contributed by atoms with Crippen LogP contribution in [0.1, 0.15) is 34.5 Å². The van der Waals surface area contributed by atoms with Crippen molar-refractivity contribution in [1.82, 2.24) is 0 Å². The number of nitrogens with two attached hydrogens (primary N) is 1. The Morgan fingerprint density at radius 2 is 1.83 bits per heavy atom. The van der Waals surface area contributed by atoms with Crippen molar-refractivity contribution < 1.29 is 4.79 Å². The van der Waals surface area contributed by atoms with Gasteiger partial charge in [-0.05, 0) is 24.1 Å². The molecular weight excluding hydrogens is 246 g/mol. The van der Waals surface area contributed by atoms with E-state index in [0.29, 0.717) is 10.6 Å². The van der Waals surface area contributed by atoms with Gasteiger partial charge in [-0.2, -0.15) is 0 Å². The van der Waals surface area contributed by atoms with Crippen molar-refractivity contribution in [3.05, 3.63) is 70.2 Å². The summed E-state index contributed by atoms with van der Waals surface area (Å²) in [6, 6.07) is 14.7. The van der Waals surface area contributed by atoms with Gasteiger partial charge < -0.3 is 5.73 Å². The van der Waals surface area contributed by atoms with Gasteiger partial charge in [-0.3, -0.25) is 4.79 Å². The SMILES string of the molecule is CC(=O)c1ccc(C(N)c2ccccc2)c(Cl)c1. The van der Waals surface area contributed by atoms with Gasteiger partial charge in [0.2, 0.25) is 0 Å².